The Morgan fingerprint density at radius 1 is 1.60 bits per heavy atom. The van der Waals surface area contributed by atoms with Crippen LogP contribution in [0.3, 0.4) is 0 Å². The highest BCUT2D eigenvalue weighted by atomic mass is 16.6. The van der Waals surface area contributed by atoms with E-state index in [0.29, 0.717) is 13.0 Å². The summed E-state index contributed by atoms with van der Waals surface area (Å²) in [6.45, 7) is 2.19. The second kappa shape index (κ2) is 4.97. The number of hydrogen-bond acceptors (Lipinski definition) is 3. The summed E-state index contributed by atoms with van der Waals surface area (Å²) < 4.78 is 0. The number of non-ortho nitro benzene ring substituents is 1. The summed E-state index contributed by atoms with van der Waals surface area (Å²) in [5.41, 5.74) is 9.98. The molecule has 0 aliphatic heterocycles. The smallest absolute Gasteiger partial charge is 0.258 e. The number of rotatable bonds is 4. The summed E-state index contributed by atoms with van der Waals surface area (Å²) in [5, 5.41) is 13.9. The lowest BCUT2D eigenvalue weighted by molar-refractivity contribution is -0.384. The Morgan fingerprint density at radius 3 is 2.93 bits per heavy atom. The van der Waals surface area contributed by atoms with Gasteiger partial charge in [-0.2, -0.15) is 0 Å². The average molecular weight is 206 g/mol. The van der Waals surface area contributed by atoms with Crippen LogP contribution >= 0.6 is 0 Å². The molecule has 0 bridgehead atoms. The lowest BCUT2D eigenvalue weighted by Gasteiger charge is -2.02. The molecule has 1 rings (SSSR count). The van der Waals surface area contributed by atoms with Gasteiger partial charge in [0.15, 0.2) is 0 Å². The number of benzene rings is 1. The van der Waals surface area contributed by atoms with E-state index in [-0.39, 0.29) is 5.69 Å². The van der Waals surface area contributed by atoms with Crippen molar-refractivity contribution in [2.45, 2.75) is 13.3 Å². The van der Waals surface area contributed by atoms with Gasteiger partial charge < -0.3 is 0 Å². The van der Waals surface area contributed by atoms with E-state index in [4.69, 9.17) is 5.53 Å². The molecule has 15 heavy (non-hydrogen) atoms. The van der Waals surface area contributed by atoms with Gasteiger partial charge in [0.2, 0.25) is 0 Å². The molecule has 78 valence electrons. The zero-order valence-electron chi connectivity index (χ0n) is 8.25. The van der Waals surface area contributed by atoms with Gasteiger partial charge in [-0.25, -0.2) is 0 Å². The molecular weight excluding hydrogens is 196 g/mol. The van der Waals surface area contributed by atoms with Crippen molar-refractivity contribution in [2.75, 3.05) is 6.54 Å². The highest BCUT2D eigenvalue weighted by Crippen LogP contribution is 2.17. The number of aryl methyl sites for hydroxylation is 1. The Balaban J connectivity index is 2.89. The molecule has 0 amide bonds. The summed E-state index contributed by atoms with van der Waals surface area (Å²) in [4.78, 5) is 12.7. The highest BCUT2D eigenvalue weighted by Gasteiger charge is 2.07. The fourth-order valence-electron chi connectivity index (χ4n) is 1.26. The predicted molar refractivity (Wildman–Crippen MR) is 55.6 cm³/mol. The summed E-state index contributed by atoms with van der Waals surface area (Å²) >= 11 is 0. The van der Waals surface area contributed by atoms with E-state index in [0.717, 1.165) is 11.1 Å². The van der Waals surface area contributed by atoms with E-state index in [1.165, 1.54) is 12.1 Å². The van der Waals surface area contributed by atoms with E-state index in [1.807, 2.05) is 6.92 Å². The van der Waals surface area contributed by atoms with Crippen LogP contribution in [0, 0.1) is 17.0 Å². The van der Waals surface area contributed by atoms with Gasteiger partial charge in [-0.1, -0.05) is 11.2 Å². The first kappa shape index (κ1) is 11.0. The summed E-state index contributed by atoms with van der Waals surface area (Å²) in [6.07, 6.45) is 0.525. The molecule has 6 nitrogen and oxygen atoms in total. The lowest BCUT2D eigenvalue weighted by atomic mass is 10.1. The maximum absolute atomic E-state index is 10.5. The Morgan fingerprint density at radius 2 is 2.33 bits per heavy atom. The van der Waals surface area contributed by atoms with E-state index in [9.17, 15) is 10.1 Å². The van der Waals surface area contributed by atoms with E-state index in [2.05, 4.69) is 10.0 Å². The number of nitro benzene ring substituents is 1. The SMILES string of the molecule is Cc1ccc([N+](=O)[O-])cc1CCN=[N+]=[N-]. The van der Waals surface area contributed by atoms with Crippen LogP contribution in [-0.2, 0) is 6.42 Å². The van der Waals surface area contributed by atoms with Crippen molar-refractivity contribution in [1.82, 2.24) is 0 Å². The van der Waals surface area contributed by atoms with Crippen molar-refractivity contribution in [1.29, 1.82) is 0 Å². The lowest BCUT2D eigenvalue weighted by Crippen LogP contribution is -1.95. The number of azide groups is 1. The third kappa shape index (κ3) is 2.96. The van der Waals surface area contributed by atoms with Gasteiger partial charge in [0.1, 0.15) is 0 Å². The van der Waals surface area contributed by atoms with Gasteiger partial charge in [0.05, 0.1) is 4.92 Å². The van der Waals surface area contributed by atoms with Gasteiger partial charge in [-0.3, -0.25) is 10.1 Å². The maximum atomic E-state index is 10.5. The minimum atomic E-state index is -0.434. The van der Waals surface area contributed by atoms with Crippen LogP contribution in [0.2, 0.25) is 0 Å². The molecule has 0 aliphatic rings. The Hall–Kier alpha value is -2.07. The predicted octanol–water partition coefficient (Wildman–Crippen LogP) is 2.76. The molecule has 0 aromatic heterocycles. The van der Waals surface area contributed by atoms with Crippen molar-refractivity contribution >= 4 is 5.69 Å². The average Bonchev–Trinajstić information content (AvgIpc) is 2.20. The summed E-state index contributed by atoms with van der Waals surface area (Å²) in [5.74, 6) is 0. The van der Waals surface area contributed by atoms with Gasteiger partial charge in [0.25, 0.3) is 5.69 Å². The molecule has 1 aromatic rings. The number of hydrogen-bond donors (Lipinski definition) is 0. The molecule has 0 N–H and O–H groups in total. The second-order valence-electron chi connectivity index (χ2n) is 3.07. The van der Waals surface area contributed by atoms with Crippen LogP contribution in [0.4, 0.5) is 5.69 Å². The van der Waals surface area contributed by atoms with E-state index in [1.54, 1.807) is 6.07 Å². The Bertz CT molecular complexity index is 424. The van der Waals surface area contributed by atoms with Crippen LogP contribution in [0.5, 0.6) is 0 Å². The Kier molecular flexibility index (Phi) is 3.65. The zero-order chi connectivity index (χ0) is 11.3. The summed E-state index contributed by atoms with van der Waals surface area (Å²) in [7, 11) is 0. The van der Waals surface area contributed by atoms with Crippen molar-refractivity contribution < 1.29 is 4.92 Å². The molecule has 0 heterocycles. The van der Waals surface area contributed by atoms with Crippen LogP contribution in [0.15, 0.2) is 23.3 Å². The van der Waals surface area contributed by atoms with Crippen LogP contribution in [0.1, 0.15) is 11.1 Å². The molecule has 6 heteroatoms. The minimum Gasteiger partial charge on any atom is -0.258 e. The monoisotopic (exact) mass is 206 g/mol. The van der Waals surface area contributed by atoms with E-state index < -0.39 is 4.92 Å². The van der Waals surface area contributed by atoms with Crippen LogP contribution in [0.25, 0.3) is 10.4 Å². The molecule has 0 spiro atoms. The molecule has 0 unspecified atom stereocenters. The zero-order valence-corrected chi connectivity index (χ0v) is 8.25. The third-order valence-corrected chi connectivity index (χ3v) is 2.09. The quantitative estimate of drug-likeness (QED) is 0.249. The van der Waals surface area contributed by atoms with E-state index >= 15 is 0 Å². The third-order valence-electron chi connectivity index (χ3n) is 2.09. The van der Waals surface area contributed by atoms with Gasteiger partial charge in [-0.15, -0.1) is 0 Å². The van der Waals surface area contributed by atoms with Crippen LogP contribution in [-0.4, -0.2) is 11.5 Å². The fraction of sp³-hybridized carbons (Fsp3) is 0.333. The summed E-state index contributed by atoms with van der Waals surface area (Å²) in [6, 6.07) is 4.68. The van der Waals surface area contributed by atoms with Crippen molar-refractivity contribution in [3.63, 3.8) is 0 Å². The molecule has 0 saturated heterocycles. The minimum absolute atomic E-state index is 0.0662. The molecule has 0 aliphatic carbocycles. The first-order valence-electron chi connectivity index (χ1n) is 4.40. The van der Waals surface area contributed by atoms with Crippen LogP contribution < -0.4 is 0 Å². The molecule has 0 saturated carbocycles. The van der Waals surface area contributed by atoms with Crippen molar-refractivity contribution in [3.8, 4) is 0 Å². The highest BCUT2D eigenvalue weighted by molar-refractivity contribution is 5.39. The van der Waals surface area contributed by atoms with Crippen molar-refractivity contribution in [3.05, 3.63) is 49.9 Å². The second-order valence-corrected chi connectivity index (χ2v) is 3.07. The number of nitrogens with zero attached hydrogens (tertiary/aromatic N) is 4. The largest absolute Gasteiger partial charge is 0.269 e. The van der Waals surface area contributed by atoms with Gasteiger partial charge in [0, 0.05) is 23.6 Å². The normalized spacial score (nSPS) is 9.40. The van der Waals surface area contributed by atoms with Crippen molar-refractivity contribution in [2.24, 2.45) is 5.11 Å². The fourth-order valence-corrected chi connectivity index (χ4v) is 1.26. The first-order valence-corrected chi connectivity index (χ1v) is 4.40. The topological polar surface area (TPSA) is 91.9 Å². The molecule has 0 atom stereocenters. The molecule has 0 radical (unpaired) electrons. The van der Waals surface area contributed by atoms with Gasteiger partial charge in [-0.05, 0) is 30.0 Å². The molecule has 1 aromatic carbocycles. The molecular formula is C9H10N4O2. The Labute approximate surface area is 86.3 Å². The first-order chi connectivity index (χ1) is 7.15. The molecule has 0 fully saturated rings. The van der Waals surface area contributed by atoms with Gasteiger partial charge >= 0.3 is 0 Å². The maximum Gasteiger partial charge on any atom is 0.269 e. The number of nitro groups is 1. The standard InChI is InChI=1S/C9H10N4O2/c1-7-2-3-9(13(14)15)6-8(7)4-5-11-12-10/h2-3,6H,4-5H2,1H3.